The predicted octanol–water partition coefficient (Wildman–Crippen LogP) is 5.22. The fourth-order valence-electron chi connectivity index (χ4n) is 3.41. The number of hydrogen-bond acceptors (Lipinski definition) is 5. The first-order chi connectivity index (χ1) is 13.5. The van der Waals surface area contributed by atoms with Gasteiger partial charge in [-0.05, 0) is 36.5 Å². The summed E-state index contributed by atoms with van der Waals surface area (Å²) in [6, 6.07) is 7.61. The first-order valence-electron chi connectivity index (χ1n) is 9.20. The molecule has 0 saturated heterocycles. The summed E-state index contributed by atoms with van der Waals surface area (Å²) in [5.74, 6) is -1.83. The summed E-state index contributed by atoms with van der Waals surface area (Å²) < 4.78 is 5.13. The van der Waals surface area contributed by atoms with E-state index in [1.807, 2.05) is 24.3 Å². The highest BCUT2D eigenvalue weighted by Gasteiger charge is 2.24. The third kappa shape index (κ3) is 4.97. The second-order valence-electron chi connectivity index (χ2n) is 6.86. The van der Waals surface area contributed by atoms with Gasteiger partial charge in [-0.2, -0.15) is 0 Å². The van der Waals surface area contributed by atoms with Gasteiger partial charge in [-0.1, -0.05) is 43.0 Å². The fourth-order valence-corrected chi connectivity index (χ4v) is 4.81. The molecular formula is C20H22ClNO5S. The fraction of sp³-hybridized carbons (Fsp3) is 0.400. The van der Waals surface area contributed by atoms with Crippen molar-refractivity contribution in [3.8, 4) is 16.2 Å². The number of carboxylic acid groups (broad SMARTS) is 2. The van der Waals surface area contributed by atoms with Crippen LogP contribution >= 0.6 is 22.9 Å². The Morgan fingerprint density at radius 3 is 2.64 bits per heavy atom. The van der Waals surface area contributed by atoms with E-state index < -0.39 is 18.5 Å². The third-order valence-corrected chi connectivity index (χ3v) is 6.47. The molecule has 6 nitrogen and oxygen atoms in total. The molecule has 8 heteroatoms. The molecule has 1 aliphatic carbocycles. The molecule has 1 heterocycles. The molecule has 0 amide bonds. The molecule has 0 unspecified atom stereocenters. The number of rotatable bonds is 8. The molecule has 0 atom stereocenters. The minimum atomic E-state index is -1.20. The molecule has 150 valence electrons. The van der Waals surface area contributed by atoms with Crippen molar-refractivity contribution >= 4 is 40.6 Å². The van der Waals surface area contributed by atoms with Crippen molar-refractivity contribution in [1.29, 1.82) is 0 Å². The van der Waals surface area contributed by atoms with E-state index in [9.17, 15) is 14.7 Å². The number of thiophene rings is 1. The van der Waals surface area contributed by atoms with Gasteiger partial charge in [-0.3, -0.25) is 0 Å². The zero-order valence-corrected chi connectivity index (χ0v) is 16.8. The Kier molecular flexibility index (Phi) is 6.80. The highest BCUT2D eigenvalue weighted by atomic mass is 35.5. The first kappa shape index (κ1) is 20.5. The molecule has 3 N–H and O–H groups in total. The lowest BCUT2D eigenvalue weighted by atomic mass is 9.89. The minimum absolute atomic E-state index is 0.0999. The maximum Gasteiger partial charge on any atom is 0.349 e. The molecule has 1 fully saturated rings. The van der Waals surface area contributed by atoms with E-state index in [-0.39, 0.29) is 15.6 Å². The third-order valence-electron chi connectivity index (χ3n) is 4.79. The molecule has 0 radical (unpaired) electrons. The van der Waals surface area contributed by atoms with Crippen LogP contribution in [0.3, 0.4) is 0 Å². The van der Waals surface area contributed by atoms with E-state index in [0.29, 0.717) is 10.8 Å². The number of carbonyl (C=O) groups is 2. The van der Waals surface area contributed by atoms with Crippen molar-refractivity contribution in [3.05, 3.63) is 34.2 Å². The van der Waals surface area contributed by atoms with Crippen molar-refractivity contribution in [2.75, 3.05) is 18.5 Å². The second-order valence-corrected chi connectivity index (χ2v) is 8.26. The average Bonchev–Trinajstić information content (AvgIpc) is 3.02. The Morgan fingerprint density at radius 2 is 1.96 bits per heavy atom. The van der Waals surface area contributed by atoms with Crippen LogP contribution in [0.1, 0.15) is 41.8 Å². The molecule has 28 heavy (non-hydrogen) atoms. The maximum absolute atomic E-state index is 11.5. The van der Waals surface area contributed by atoms with Gasteiger partial charge in [0.05, 0.1) is 4.88 Å². The number of aromatic carboxylic acids is 1. The van der Waals surface area contributed by atoms with Crippen molar-refractivity contribution in [1.82, 2.24) is 0 Å². The average molecular weight is 424 g/mol. The molecule has 3 rings (SSSR count). The normalized spacial score (nSPS) is 14.6. The van der Waals surface area contributed by atoms with Gasteiger partial charge < -0.3 is 20.3 Å². The molecule has 2 aromatic rings. The van der Waals surface area contributed by atoms with Gasteiger partial charge in [0, 0.05) is 12.2 Å². The topological polar surface area (TPSA) is 95.9 Å². The van der Waals surface area contributed by atoms with Crippen LogP contribution in [0.25, 0.3) is 10.4 Å². The van der Waals surface area contributed by atoms with Crippen LogP contribution in [0.2, 0.25) is 5.02 Å². The molecule has 0 spiro atoms. The largest absolute Gasteiger partial charge is 0.479 e. The lowest BCUT2D eigenvalue weighted by molar-refractivity contribution is -0.139. The van der Waals surface area contributed by atoms with E-state index >= 15 is 0 Å². The highest BCUT2D eigenvalue weighted by molar-refractivity contribution is 7.18. The van der Waals surface area contributed by atoms with Crippen molar-refractivity contribution < 1.29 is 24.5 Å². The van der Waals surface area contributed by atoms with Crippen molar-refractivity contribution in [3.63, 3.8) is 0 Å². The number of aliphatic carboxylic acids is 1. The number of carboxylic acids is 2. The number of benzene rings is 1. The van der Waals surface area contributed by atoms with Gasteiger partial charge in [-0.15, -0.1) is 11.3 Å². The lowest BCUT2D eigenvalue weighted by Crippen LogP contribution is -2.17. The number of halogens is 1. The highest BCUT2D eigenvalue weighted by Crippen LogP contribution is 2.45. The lowest BCUT2D eigenvalue weighted by Gasteiger charge is -2.22. The van der Waals surface area contributed by atoms with Crippen molar-refractivity contribution in [2.24, 2.45) is 5.92 Å². The Balaban J connectivity index is 1.81. The van der Waals surface area contributed by atoms with Gasteiger partial charge in [0.25, 0.3) is 0 Å². The Bertz CT molecular complexity index is 860. The summed E-state index contributed by atoms with van der Waals surface area (Å²) in [5, 5.41) is 21.8. The summed E-state index contributed by atoms with van der Waals surface area (Å²) in [4.78, 5) is 22.7. The summed E-state index contributed by atoms with van der Waals surface area (Å²) in [6.45, 7) is 0.258. The minimum Gasteiger partial charge on any atom is -0.479 e. The quantitative estimate of drug-likeness (QED) is 0.538. The molecule has 1 aliphatic rings. The van der Waals surface area contributed by atoms with Gasteiger partial charge >= 0.3 is 11.9 Å². The molecular weight excluding hydrogens is 402 g/mol. The van der Waals surface area contributed by atoms with Crippen molar-refractivity contribution in [2.45, 2.75) is 32.1 Å². The van der Waals surface area contributed by atoms with Crippen LogP contribution < -0.4 is 10.1 Å². The molecule has 0 aliphatic heterocycles. The van der Waals surface area contributed by atoms with Crippen LogP contribution in [0.5, 0.6) is 5.75 Å². The Morgan fingerprint density at radius 1 is 1.21 bits per heavy atom. The van der Waals surface area contributed by atoms with E-state index in [0.717, 1.165) is 29.1 Å². The Hall–Kier alpha value is -2.25. The predicted molar refractivity (Wildman–Crippen MR) is 110 cm³/mol. The van der Waals surface area contributed by atoms with Gasteiger partial charge in [0.2, 0.25) is 0 Å². The van der Waals surface area contributed by atoms with Crippen LogP contribution in [0.4, 0.5) is 5.69 Å². The number of ether oxygens (including phenoxy) is 1. The first-order valence-corrected chi connectivity index (χ1v) is 10.4. The van der Waals surface area contributed by atoms with E-state index in [1.165, 1.54) is 32.1 Å². The summed E-state index contributed by atoms with van der Waals surface area (Å²) in [5.41, 5.74) is 1.70. The molecule has 0 bridgehead atoms. The number of nitrogens with one attached hydrogen (secondary N) is 1. The molecule has 1 aromatic carbocycles. The number of anilines is 1. The van der Waals surface area contributed by atoms with E-state index in [4.69, 9.17) is 21.4 Å². The van der Waals surface area contributed by atoms with Crippen LogP contribution in [0, 0.1) is 5.92 Å². The van der Waals surface area contributed by atoms with Crippen LogP contribution in [0.15, 0.2) is 24.3 Å². The smallest absolute Gasteiger partial charge is 0.349 e. The monoisotopic (exact) mass is 423 g/mol. The van der Waals surface area contributed by atoms with Crippen LogP contribution in [-0.2, 0) is 4.79 Å². The second kappa shape index (κ2) is 9.30. The Labute approximate surface area is 172 Å². The SMILES string of the molecule is O=C(O)COc1c(C(=O)O)sc(-c2cccc(NCC3CCCCC3)c2)c1Cl. The zero-order chi connectivity index (χ0) is 20.1. The van der Waals surface area contributed by atoms with Gasteiger partial charge in [-0.25, -0.2) is 9.59 Å². The van der Waals surface area contributed by atoms with Crippen LogP contribution in [-0.4, -0.2) is 35.3 Å². The van der Waals surface area contributed by atoms with Gasteiger partial charge in [0.15, 0.2) is 17.2 Å². The van der Waals surface area contributed by atoms with E-state index in [2.05, 4.69) is 5.32 Å². The maximum atomic E-state index is 11.5. The summed E-state index contributed by atoms with van der Waals surface area (Å²) >= 11 is 7.33. The summed E-state index contributed by atoms with van der Waals surface area (Å²) in [6.07, 6.45) is 6.38. The summed E-state index contributed by atoms with van der Waals surface area (Å²) in [7, 11) is 0. The zero-order valence-electron chi connectivity index (χ0n) is 15.2. The standard InChI is InChI=1S/C20H22ClNO5S/c21-16-17(27-11-15(23)24)19(20(25)26)28-18(16)13-7-4-8-14(9-13)22-10-12-5-2-1-3-6-12/h4,7-9,12,22H,1-3,5-6,10-11H2,(H,23,24)(H,25,26). The van der Waals surface area contributed by atoms with E-state index in [1.54, 1.807) is 0 Å². The molecule has 1 aromatic heterocycles. The number of hydrogen-bond donors (Lipinski definition) is 3. The van der Waals surface area contributed by atoms with Gasteiger partial charge in [0.1, 0.15) is 5.02 Å². The molecule has 1 saturated carbocycles.